The Morgan fingerprint density at radius 3 is 2.64 bits per heavy atom. The zero-order valence-electron chi connectivity index (χ0n) is 14.2. The number of carbonyl (C=O) groups excluding carboxylic acids is 1. The molecular weight excluding hydrogens is 276 g/mol. The standard InChI is InChI=1S/C17H32N4O/c1-4-12-18-17(20-14-16(22)21(2)3)19-13-8-7-11-15-9-5-6-10-15/h4,15H,1,5-14H2,2-3H3,(H2,18,19,20). The van der Waals surface area contributed by atoms with Gasteiger partial charge in [-0.15, -0.1) is 6.58 Å². The van der Waals surface area contributed by atoms with Crippen LogP contribution >= 0.6 is 0 Å². The van der Waals surface area contributed by atoms with Crippen LogP contribution in [0.3, 0.4) is 0 Å². The molecule has 1 rings (SSSR count). The molecule has 0 radical (unpaired) electrons. The molecule has 22 heavy (non-hydrogen) atoms. The number of guanidine groups is 1. The fourth-order valence-corrected chi connectivity index (χ4v) is 2.70. The van der Waals surface area contributed by atoms with Gasteiger partial charge in [-0.3, -0.25) is 4.79 Å². The lowest BCUT2D eigenvalue weighted by molar-refractivity contribution is -0.127. The summed E-state index contributed by atoms with van der Waals surface area (Å²) in [5, 5.41) is 6.44. The Morgan fingerprint density at radius 2 is 2.00 bits per heavy atom. The van der Waals surface area contributed by atoms with Crippen LogP contribution in [-0.2, 0) is 4.79 Å². The van der Waals surface area contributed by atoms with Gasteiger partial charge in [-0.05, 0) is 12.3 Å². The lowest BCUT2D eigenvalue weighted by atomic mass is 10.0. The number of likely N-dealkylation sites (N-methyl/N-ethyl adjacent to an activating group) is 1. The summed E-state index contributed by atoms with van der Waals surface area (Å²) >= 11 is 0. The summed E-state index contributed by atoms with van der Waals surface area (Å²) in [6.45, 7) is 5.40. The molecule has 1 aliphatic rings. The van der Waals surface area contributed by atoms with Crippen molar-refractivity contribution in [1.29, 1.82) is 0 Å². The largest absolute Gasteiger partial charge is 0.356 e. The van der Waals surface area contributed by atoms with Crippen LogP contribution in [0.2, 0.25) is 0 Å². The van der Waals surface area contributed by atoms with Gasteiger partial charge in [0.25, 0.3) is 0 Å². The second-order valence-electron chi connectivity index (χ2n) is 6.20. The summed E-state index contributed by atoms with van der Waals surface area (Å²) in [6, 6.07) is 0. The highest BCUT2D eigenvalue weighted by Crippen LogP contribution is 2.28. The fraction of sp³-hybridized carbons (Fsp3) is 0.765. The second kappa shape index (κ2) is 11.1. The Morgan fingerprint density at radius 1 is 1.27 bits per heavy atom. The van der Waals surface area contributed by atoms with Crippen LogP contribution in [-0.4, -0.2) is 50.5 Å². The molecule has 0 saturated heterocycles. The second-order valence-corrected chi connectivity index (χ2v) is 6.20. The number of nitrogens with one attached hydrogen (secondary N) is 2. The number of amides is 1. The lowest BCUT2D eigenvalue weighted by Crippen LogP contribution is -2.39. The molecule has 0 spiro atoms. The smallest absolute Gasteiger partial charge is 0.243 e. The van der Waals surface area contributed by atoms with E-state index in [9.17, 15) is 4.79 Å². The number of unbranched alkanes of at least 4 members (excludes halogenated alkanes) is 1. The summed E-state index contributed by atoms with van der Waals surface area (Å²) in [4.78, 5) is 17.5. The van der Waals surface area contributed by atoms with Gasteiger partial charge in [-0.2, -0.15) is 0 Å². The van der Waals surface area contributed by atoms with E-state index >= 15 is 0 Å². The van der Waals surface area contributed by atoms with Gasteiger partial charge in [-0.1, -0.05) is 44.6 Å². The van der Waals surface area contributed by atoms with Crippen molar-refractivity contribution in [3.05, 3.63) is 12.7 Å². The molecule has 0 bridgehead atoms. The predicted molar refractivity (Wildman–Crippen MR) is 93.0 cm³/mol. The summed E-state index contributed by atoms with van der Waals surface area (Å²) in [7, 11) is 3.48. The third-order valence-electron chi connectivity index (χ3n) is 4.09. The van der Waals surface area contributed by atoms with E-state index in [1.165, 1.54) is 38.5 Å². The number of aliphatic imine (C=N–C) groups is 1. The van der Waals surface area contributed by atoms with Gasteiger partial charge in [0, 0.05) is 27.2 Å². The van der Waals surface area contributed by atoms with E-state index in [0.717, 1.165) is 18.9 Å². The van der Waals surface area contributed by atoms with Crippen molar-refractivity contribution >= 4 is 11.9 Å². The molecule has 0 unspecified atom stereocenters. The van der Waals surface area contributed by atoms with Crippen molar-refractivity contribution in [3.8, 4) is 0 Å². The van der Waals surface area contributed by atoms with Gasteiger partial charge in [0.15, 0.2) is 5.96 Å². The molecule has 1 aliphatic carbocycles. The maximum atomic E-state index is 11.6. The quantitative estimate of drug-likeness (QED) is 0.297. The van der Waals surface area contributed by atoms with Crippen molar-refractivity contribution in [1.82, 2.24) is 15.5 Å². The van der Waals surface area contributed by atoms with Crippen molar-refractivity contribution < 1.29 is 4.79 Å². The zero-order valence-corrected chi connectivity index (χ0v) is 14.2. The fourth-order valence-electron chi connectivity index (χ4n) is 2.70. The molecule has 2 N–H and O–H groups in total. The summed E-state index contributed by atoms with van der Waals surface area (Å²) in [5.74, 6) is 1.65. The average Bonchev–Trinajstić information content (AvgIpc) is 3.01. The summed E-state index contributed by atoms with van der Waals surface area (Å²) in [5.41, 5.74) is 0. The monoisotopic (exact) mass is 308 g/mol. The molecule has 0 heterocycles. The SMILES string of the molecule is C=CCNC(=NCC(=O)N(C)C)NCCCCC1CCCC1. The van der Waals surface area contributed by atoms with Crippen LogP contribution in [0.4, 0.5) is 0 Å². The van der Waals surface area contributed by atoms with Gasteiger partial charge in [0.1, 0.15) is 6.54 Å². The molecule has 0 aromatic rings. The first-order chi connectivity index (χ1) is 10.6. The van der Waals surface area contributed by atoms with E-state index in [4.69, 9.17) is 0 Å². The first-order valence-electron chi connectivity index (χ1n) is 8.46. The molecule has 0 aliphatic heterocycles. The van der Waals surface area contributed by atoms with E-state index in [1.54, 1.807) is 25.1 Å². The lowest BCUT2D eigenvalue weighted by Gasteiger charge is -2.13. The Kier molecular flexibility index (Phi) is 9.35. The third-order valence-corrected chi connectivity index (χ3v) is 4.09. The Balaban J connectivity index is 2.22. The highest BCUT2D eigenvalue weighted by atomic mass is 16.2. The van der Waals surface area contributed by atoms with Crippen molar-refractivity contribution in [2.45, 2.75) is 44.9 Å². The molecule has 1 amide bonds. The Labute approximate surface area is 135 Å². The van der Waals surface area contributed by atoms with Crippen molar-refractivity contribution in [2.75, 3.05) is 33.7 Å². The minimum Gasteiger partial charge on any atom is -0.356 e. The molecule has 1 saturated carbocycles. The van der Waals surface area contributed by atoms with Crippen LogP contribution < -0.4 is 10.6 Å². The van der Waals surface area contributed by atoms with E-state index in [-0.39, 0.29) is 12.5 Å². The van der Waals surface area contributed by atoms with Gasteiger partial charge in [-0.25, -0.2) is 4.99 Å². The summed E-state index contributed by atoms with van der Waals surface area (Å²) < 4.78 is 0. The maximum Gasteiger partial charge on any atom is 0.243 e. The number of hydrogen-bond donors (Lipinski definition) is 2. The van der Waals surface area contributed by atoms with Crippen molar-refractivity contribution in [2.24, 2.45) is 10.9 Å². The minimum absolute atomic E-state index is 0.000867. The predicted octanol–water partition coefficient (Wildman–Crippen LogP) is 2.16. The third kappa shape index (κ3) is 8.05. The first kappa shape index (κ1) is 18.5. The molecule has 0 aromatic heterocycles. The number of rotatable bonds is 9. The van der Waals surface area contributed by atoms with Crippen LogP contribution in [0, 0.1) is 5.92 Å². The topological polar surface area (TPSA) is 56.7 Å². The zero-order chi connectivity index (χ0) is 16.2. The van der Waals surface area contributed by atoms with E-state index in [1.807, 2.05) is 0 Å². The van der Waals surface area contributed by atoms with Crippen LogP contribution in [0.15, 0.2) is 17.6 Å². The first-order valence-corrected chi connectivity index (χ1v) is 8.46. The average molecular weight is 308 g/mol. The van der Waals surface area contributed by atoms with Gasteiger partial charge in [0.2, 0.25) is 5.91 Å². The minimum atomic E-state index is 0.000867. The Bertz CT molecular complexity index is 360. The molecule has 0 aromatic carbocycles. The van der Waals surface area contributed by atoms with Gasteiger partial charge in [0.05, 0.1) is 0 Å². The van der Waals surface area contributed by atoms with Crippen LogP contribution in [0.1, 0.15) is 44.9 Å². The molecule has 5 heteroatoms. The van der Waals surface area contributed by atoms with Gasteiger partial charge < -0.3 is 15.5 Å². The highest BCUT2D eigenvalue weighted by molar-refractivity contribution is 5.84. The highest BCUT2D eigenvalue weighted by Gasteiger charge is 2.13. The maximum absolute atomic E-state index is 11.6. The van der Waals surface area contributed by atoms with Crippen molar-refractivity contribution in [3.63, 3.8) is 0 Å². The normalized spacial score (nSPS) is 15.6. The summed E-state index contributed by atoms with van der Waals surface area (Å²) in [6.07, 6.45) is 11.2. The molecular formula is C17H32N4O. The van der Waals surface area contributed by atoms with Gasteiger partial charge >= 0.3 is 0 Å². The van der Waals surface area contributed by atoms with E-state index in [2.05, 4.69) is 22.2 Å². The molecule has 1 fully saturated rings. The number of carbonyl (C=O) groups is 1. The Hall–Kier alpha value is -1.52. The number of hydrogen-bond acceptors (Lipinski definition) is 2. The molecule has 5 nitrogen and oxygen atoms in total. The van der Waals surface area contributed by atoms with Crippen LogP contribution in [0.5, 0.6) is 0 Å². The van der Waals surface area contributed by atoms with Crippen LogP contribution in [0.25, 0.3) is 0 Å². The number of nitrogens with zero attached hydrogens (tertiary/aromatic N) is 2. The molecule has 126 valence electrons. The molecule has 0 atom stereocenters. The van der Waals surface area contributed by atoms with E-state index in [0.29, 0.717) is 12.5 Å². The van der Waals surface area contributed by atoms with E-state index < -0.39 is 0 Å².